The van der Waals surface area contributed by atoms with E-state index in [0.717, 1.165) is 5.01 Å². The number of aromatic amines is 1. The molecule has 28 heavy (non-hydrogen) atoms. The molecule has 0 fully saturated rings. The minimum absolute atomic E-state index is 0. The highest BCUT2D eigenvalue weighted by molar-refractivity contribution is 8.93. The highest BCUT2D eigenvalue weighted by atomic mass is 79.9. The first-order chi connectivity index (χ1) is 12.8. The molecule has 0 saturated carbocycles. The third-order valence-electron chi connectivity index (χ3n) is 4.08. The van der Waals surface area contributed by atoms with Crippen molar-refractivity contribution in [1.82, 2.24) is 19.7 Å². The number of pyridine rings is 1. The van der Waals surface area contributed by atoms with Gasteiger partial charge in [-0.15, -0.1) is 28.3 Å². The van der Waals surface area contributed by atoms with E-state index in [9.17, 15) is 18.0 Å². The largest absolute Gasteiger partial charge is 0.463 e. The van der Waals surface area contributed by atoms with E-state index in [-0.39, 0.29) is 40.3 Å². The van der Waals surface area contributed by atoms with Crippen molar-refractivity contribution in [3.63, 3.8) is 0 Å². The van der Waals surface area contributed by atoms with Gasteiger partial charge in [-0.1, -0.05) is 0 Å². The first-order valence-electron chi connectivity index (χ1n) is 7.99. The van der Waals surface area contributed by atoms with Gasteiger partial charge >= 0.3 is 6.18 Å². The summed E-state index contributed by atoms with van der Waals surface area (Å²) in [4.78, 5) is 18.6. The van der Waals surface area contributed by atoms with E-state index in [2.05, 4.69) is 15.1 Å². The van der Waals surface area contributed by atoms with Crippen LogP contribution >= 0.6 is 28.3 Å². The summed E-state index contributed by atoms with van der Waals surface area (Å²) in [6.07, 6.45) is -2.61. The molecule has 4 heterocycles. The van der Waals surface area contributed by atoms with Gasteiger partial charge in [-0.2, -0.15) is 18.3 Å². The zero-order chi connectivity index (χ0) is 19.2. The Balaban J connectivity index is 0.00000225. The predicted octanol–water partition coefficient (Wildman–Crippen LogP) is 4.59. The molecule has 148 valence electrons. The third-order valence-corrected chi connectivity index (χ3v) is 4.99. The molecule has 4 rings (SSSR count). The molecule has 6 nitrogen and oxygen atoms in total. The van der Waals surface area contributed by atoms with E-state index in [0.29, 0.717) is 23.9 Å². The number of hydrogen-bond donors (Lipinski definition) is 1. The van der Waals surface area contributed by atoms with Crippen molar-refractivity contribution in [1.29, 1.82) is 0 Å². The van der Waals surface area contributed by atoms with Gasteiger partial charge in [0.25, 0.3) is 0 Å². The topological polar surface area (TPSA) is 76.7 Å². The smallest absolute Gasteiger partial charge is 0.417 e. The van der Waals surface area contributed by atoms with Gasteiger partial charge in [-0.3, -0.25) is 4.79 Å². The van der Waals surface area contributed by atoms with Crippen molar-refractivity contribution in [3.8, 4) is 11.5 Å². The summed E-state index contributed by atoms with van der Waals surface area (Å²) in [6.45, 7) is 1.78. The molecule has 11 heteroatoms. The quantitative estimate of drug-likeness (QED) is 0.469. The molecule has 0 aliphatic rings. The first-order valence-corrected chi connectivity index (χ1v) is 8.87. The lowest BCUT2D eigenvalue weighted by molar-refractivity contribution is -0.136. The van der Waals surface area contributed by atoms with Crippen LogP contribution in [-0.2, 0) is 19.1 Å². The van der Waals surface area contributed by atoms with Crippen molar-refractivity contribution in [2.45, 2.75) is 26.1 Å². The summed E-state index contributed by atoms with van der Waals surface area (Å²) in [6, 6.07) is 4.13. The monoisotopic (exact) mass is 474 g/mol. The number of hydrogen-bond acceptors (Lipinski definition) is 5. The van der Waals surface area contributed by atoms with Crippen LogP contribution in [0.3, 0.4) is 0 Å². The van der Waals surface area contributed by atoms with Crippen LogP contribution in [0.4, 0.5) is 13.2 Å². The summed E-state index contributed by atoms with van der Waals surface area (Å²) < 4.78 is 46.5. The third kappa shape index (κ3) is 3.76. The van der Waals surface area contributed by atoms with E-state index >= 15 is 0 Å². The highest BCUT2D eigenvalue weighted by Gasteiger charge is 2.35. The number of fused-ring (bicyclic) bond motifs is 1. The summed E-state index contributed by atoms with van der Waals surface area (Å²) in [5.74, 6) is 0.650. The molecule has 0 bridgehead atoms. The van der Waals surface area contributed by atoms with Crippen molar-refractivity contribution in [3.05, 3.63) is 56.5 Å². The fourth-order valence-electron chi connectivity index (χ4n) is 2.94. The van der Waals surface area contributed by atoms with E-state index < -0.39 is 17.3 Å². The molecule has 0 spiro atoms. The van der Waals surface area contributed by atoms with Crippen molar-refractivity contribution < 1.29 is 17.6 Å². The molecule has 0 aromatic carbocycles. The average molecular weight is 475 g/mol. The number of rotatable bonds is 4. The second-order valence-electron chi connectivity index (χ2n) is 5.93. The van der Waals surface area contributed by atoms with Gasteiger partial charge in [0.05, 0.1) is 27.9 Å². The Labute approximate surface area is 170 Å². The summed E-state index contributed by atoms with van der Waals surface area (Å²) in [5, 5.41) is 6.74. The van der Waals surface area contributed by atoms with Crippen molar-refractivity contribution in [2.75, 3.05) is 0 Å². The first kappa shape index (κ1) is 20.3. The Hall–Kier alpha value is -2.40. The Kier molecular flexibility index (Phi) is 5.48. The second kappa shape index (κ2) is 7.55. The van der Waals surface area contributed by atoms with Crippen LogP contribution in [0.5, 0.6) is 0 Å². The van der Waals surface area contributed by atoms with Gasteiger partial charge in [-0.05, 0) is 19.1 Å². The molecular formula is C17H14BrF3N4O2S. The van der Waals surface area contributed by atoms with E-state index in [1.807, 2.05) is 5.38 Å². The number of aromatic nitrogens is 4. The van der Waals surface area contributed by atoms with Gasteiger partial charge < -0.3 is 9.40 Å². The van der Waals surface area contributed by atoms with Gasteiger partial charge in [-0.25, -0.2) is 9.67 Å². The normalized spacial score (nSPS) is 11.7. The molecule has 0 saturated heterocycles. The number of thiazole rings is 1. The second-order valence-corrected chi connectivity index (χ2v) is 6.87. The number of halogens is 4. The zero-order valence-corrected chi connectivity index (χ0v) is 16.9. The number of nitrogens with zero attached hydrogens (tertiary/aromatic N) is 3. The molecule has 0 aliphatic carbocycles. The number of alkyl halides is 3. The maximum absolute atomic E-state index is 13.3. The van der Waals surface area contributed by atoms with Crippen LogP contribution in [0, 0.1) is 6.92 Å². The minimum atomic E-state index is -4.63. The predicted molar refractivity (Wildman–Crippen MR) is 104 cm³/mol. The van der Waals surface area contributed by atoms with Crippen LogP contribution in [0.1, 0.15) is 16.3 Å². The summed E-state index contributed by atoms with van der Waals surface area (Å²) in [5.41, 5.74) is -0.807. The molecular weight excluding hydrogens is 461 g/mol. The number of H-pyrrole nitrogens is 1. The fraction of sp³-hybridized carbons (Fsp3) is 0.235. The van der Waals surface area contributed by atoms with Gasteiger partial charge in [0.2, 0.25) is 5.56 Å². The van der Waals surface area contributed by atoms with Crippen LogP contribution in [-0.4, -0.2) is 19.7 Å². The Bertz CT molecular complexity index is 1160. The average Bonchev–Trinajstić information content (AvgIpc) is 3.31. The minimum Gasteiger partial charge on any atom is -0.463 e. The molecule has 0 atom stereocenters. The number of furan rings is 1. The van der Waals surface area contributed by atoms with Gasteiger partial charge in [0.15, 0.2) is 5.76 Å². The Morgan fingerprint density at radius 3 is 2.82 bits per heavy atom. The lowest BCUT2D eigenvalue weighted by atomic mass is 10.1. The zero-order valence-electron chi connectivity index (χ0n) is 14.4. The maximum atomic E-state index is 13.3. The van der Waals surface area contributed by atoms with Crippen molar-refractivity contribution >= 4 is 39.4 Å². The highest BCUT2D eigenvalue weighted by Crippen LogP contribution is 2.34. The fourth-order valence-corrected chi connectivity index (χ4v) is 3.71. The molecule has 4 aromatic heterocycles. The standard InChI is InChI=1S/C17H13F3N4O2S.BrH/c1-9-15-10(17(18,19)20)7-13(25)22-16(15)24(23-9)5-4-14-21-11(8-27-14)12-3-2-6-26-12;/h2-3,6-8H,4-5H2,1H3,(H,22,25);1H. The lowest BCUT2D eigenvalue weighted by Crippen LogP contribution is -2.15. The van der Waals surface area contributed by atoms with Crippen molar-refractivity contribution in [2.24, 2.45) is 0 Å². The molecule has 0 unspecified atom stereocenters. The van der Waals surface area contributed by atoms with Crippen LogP contribution in [0.25, 0.3) is 22.5 Å². The Morgan fingerprint density at radius 2 is 2.14 bits per heavy atom. The SMILES string of the molecule is Br.Cc1nn(CCc2nc(-c3ccco3)cs2)c2[nH]c(=O)cc(C(F)(F)F)c12. The summed E-state index contributed by atoms with van der Waals surface area (Å²) in [7, 11) is 0. The van der Waals surface area contributed by atoms with Gasteiger partial charge in [0.1, 0.15) is 11.3 Å². The number of aryl methyl sites for hydroxylation is 3. The lowest BCUT2D eigenvalue weighted by Gasteiger charge is -2.08. The number of nitrogens with one attached hydrogen (secondary N) is 1. The maximum Gasteiger partial charge on any atom is 0.417 e. The van der Waals surface area contributed by atoms with E-state index in [1.54, 1.807) is 18.4 Å². The van der Waals surface area contributed by atoms with Crippen LogP contribution in [0.15, 0.2) is 39.1 Å². The molecule has 4 aromatic rings. The van der Waals surface area contributed by atoms with E-state index in [1.165, 1.54) is 22.9 Å². The van der Waals surface area contributed by atoms with Crippen LogP contribution < -0.4 is 5.56 Å². The molecule has 0 aliphatic heterocycles. The Morgan fingerprint density at radius 1 is 1.36 bits per heavy atom. The van der Waals surface area contributed by atoms with E-state index in [4.69, 9.17) is 4.42 Å². The summed E-state index contributed by atoms with van der Waals surface area (Å²) >= 11 is 1.43. The molecule has 0 radical (unpaired) electrons. The molecule has 1 N–H and O–H groups in total. The van der Waals surface area contributed by atoms with Gasteiger partial charge in [0, 0.05) is 24.4 Å². The molecule has 0 amide bonds. The van der Waals surface area contributed by atoms with Crippen LogP contribution in [0.2, 0.25) is 0 Å².